The molecule has 3 aromatic rings. The van der Waals surface area contributed by atoms with E-state index in [4.69, 9.17) is 46.4 Å². The first kappa shape index (κ1) is 20.0. The van der Waals surface area contributed by atoms with Gasteiger partial charge in [-0.1, -0.05) is 46.4 Å². The Hall–Kier alpha value is -1.71. The summed E-state index contributed by atoms with van der Waals surface area (Å²) in [7, 11) is 0. The van der Waals surface area contributed by atoms with Crippen LogP contribution in [0.2, 0.25) is 20.1 Å². The highest BCUT2D eigenvalue weighted by atomic mass is 79.9. The van der Waals surface area contributed by atoms with Crippen LogP contribution < -0.4 is 10.9 Å². The molecule has 0 amide bonds. The molecule has 2 aromatic carbocycles. The molecule has 0 aliphatic rings. The Kier molecular flexibility index (Phi) is 5.73. The van der Waals surface area contributed by atoms with E-state index in [0.29, 0.717) is 5.02 Å². The van der Waals surface area contributed by atoms with Gasteiger partial charge in [0.25, 0.3) is 11.2 Å². The first-order chi connectivity index (χ1) is 12.7. The Morgan fingerprint density at radius 1 is 1.07 bits per heavy atom. The first-order valence-corrected chi connectivity index (χ1v) is 9.36. The minimum Gasteiger partial charge on any atom is -0.338 e. The summed E-state index contributed by atoms with van der Waals surface area (Å²) in [6.45, 7) is 0. The summed E-state index contributed by atoms with van der Waals surface area (Å²) in [5.74, 6) is 0.199. The summed E-state index contributed by atoms with van der Waals surface area (Å²) < 4.78 is 1.23. The smallest absolute Gasteiger partial charge is 0.287 e. The molecule has 3 rings (SSSR count). The first-order valence-electron chi connectivity index (χ1n) is 7.05. The van der Waals surface area contributed by atoms with Gasteiger partial charge < -0.3 is 5.32 Å². The molecule has 2 N–H and O–H groups in total. The van der Waals surface area contributed by atoms with E-state index in [-0.39, 0.29) is 42.4 Å². The molecule has 27 heavy (non-hydrogen) atoms. The van der Waals surface area contributed by atoms with Crippen molar-refractivity contribution >= 4 is 79.5 Å². The van der Waals surface area contributed by atoms with Crippen molar-refractivity contribution in [3.8, 4) is 5.69 Å². The zero-order valence-electron chi connectivity index (χ0n) is 12.9. The lowest BCUT2D eigenvalue weighted by molar-refractivity contribution is -0.384. The Labute approximate surface area is 180 Å². The molecule has 0 saturated heterocycles. The average Bonchev–Trinajstić information content (AvgIpc) is 2.84. The molecule has 0 radical (unpaired) electrons. The van der Waals surface area contributed by atoms with Crippen LogP contribution in [-0.2, 0) is 0 Å². The summed E-state index contributed by atoms with van der Waals surface area (Å²) >= 11 is 27.5. The zero-order chi connectivity index (χ0) is 19.9. The number of hydrogen-bond donors (Lipinski definition) is 2. The lowest BCUT2D eigenvalue weighted by Crippen LogP contribution is -2.15. The van der Waals surface area contributed by atoms with Gasteiger partial charge in [-0.2, -0.15) is 0 Å². The summed E-state index contributed by atoms with van der Waals surface area (Å²) in [5, 5.41) is 17.4. The maximum Gasteiger partial charge on any atom is 0.287 e. The topological polar surface area (TPSA) is 93.0 Å². The van der Waals surface area contributed by atoms with Gasteiger partial charge in [0.15, 0.2) is 0 Å². The van der Waals surface area contributed by atoms with E-state index >= 15 is 0 Å². The lowest BCUT2D eigenvalue weighted by atomic mass is 10.3. The SMILES string of the molecule is O=c1c(Br)c(Nc2cc([N+](=O)[O-])ccc2Cl)[nH]n1-c1c(Cl)cc(Cl)cc1Cl. The standard InChI is InChI=1S/C15H7BrCl4N4O3/c16-12-14(21-11-5-7(24(26)27)1-2-8(11)18)22-23(15(12)25)13-9(19)3-6(17)4-10(13)20/h1-5,21-22H. The summed E-state index contributed by atoms with van der Waals surface area (Å²) in [4.78, 5) is 23.0. The van der Waals surface area contributed by atoms with E-state index in [1.807, 2.05) is 0 Å². The Balaban J connectivity index is 2.09. The van der Waals surface area contributed by atoms with Crippen molar-refractivity contribution in [2.75, 3.05) is 5.32 Å². The summed E-state index contributed by atoms with van der Waals surface area (Å²) in [6, 6.07) is 6.76. The number of halogens is 5. The van der Waals surface area contributed by atoms with Crippen molar-refractivity contribution in [2.24, 2.45) is 0 Å². The third kappa shape index (κ3) is 3.95. The number of rotatable bonds is 4. The van der Waals surface area contributed by atoms with Crippen molar-refractivity contribution in [1.82, 2.24) is 9.78 Å². The highest BCUT2D eigenvalue weighted by Gasteiger charge is 2.19. The molecule has 0 saturated carbocycles. The number of benzene rings is 2. The van der Waals surface area contributed by atoms with Gasteiger partial charge in [0.1, 0.15) is 16.0 Å². The minimum absolute atomic E-state index is 0.118. The molecular weight excluding hydrogens is 506 g/mol. The number of nitrogens with zero attached hydrogens (tertiary/aromatic N) is 2. The second-order valence-corrected chi connectivity index (χ2v) is 7.66. The molecule has 0 fully saturated rings. The van der Waals surface area contributed by atoms with Crippen molar-refractivity contribution in [3.63, 3.8) is 0 Å². The van der Waals surface area contributed by atoms with E-state index in [2.05, 4.69) is 26.3 Å². The molecule has 140 valence electrons. The summed E-state index contributed by atoms with van der Waals surface area (Å²) in [5.41, 5.74) is -0.228. The number of nitrogens with one attached hydrogen (secondary N) is 2. The van der Waals surface area contributed by atoms with Crippen LogP contribution in [0.4, 0.5) is 17.2 Å². The molecule has 7 nitrogen and oxygen atoms in total. The number of anilines is 2. The van der Waals surface area contributed by atoms with Crippen molar-refractivity contribution in [2.45, 2.75) is 0 Å². The number of non-ortho nitro benzene ring substituents is 1. The average molecular weight is 513 g/mol. The quantitative estimate of drug-likeness (QED) is 0.322. The van der Waals surface area contributed by atoms with Crippen LogP contribution >= 0.6 is 62.3 Å². The predicted molar refractivity (Wildman–Crippen MR) is 111 cm³/mol. The van der Waals surface area contributed by atoms with Crippen LogP contribution in [0.5, 0.6) is 0 Å². The maximum atomic E-state index is 12.6. The van der Waals surface area contributed by atoms with E-state index in [1.165, 1.54) is 30.3 Å². The normalized spacial score (nSPS) is 10.9. The number of hydrogen-bond acceptors (Lipinski definition) is 4. The largest absolute Gasteiger partial charge is 0.338 e. The van der Waals surface area contributed by atoms with E-state index in [0.717, 1.165) is 4.68 Å². The predicted octanol–water partition coefficient (Wildman–Crippen LogP) is 6.19. The molecule has 1 aromatic heterocycles. The van der Waals surface area contributed by atoms with Crippen molar-refractivity contribution in [1.29, 1.82) is 0 Å². The molecule has 0 bridgehead atoms. The lowest BCUT2D eigenvalue weighted by Gasteiger charge is -2.09. The molecule has 0 atom stereocenters. The highest BCUT2D eigenvalue weighted by molar-refractivity contribution is 9.10. The zero-order valence-corrected chi connectivity index (χ0v) is 17.5. The monoisotopic (exact) mass is 510 g/mol. The van der Waals surface area contributed by atoms with Gasteiger partial charge in [0, 0.05) is 17.2 Å². The Morgan fingerprint density at radius 3 is 2.30 bits per heavy atom. The molecular formula is C15H7BrCl4N4O3. The third-order valence-electron chi connectivity index (χ3n) is 3.46. The van der Waals surface area contributed by atoms with Crippen molar-refractivity contribution < 1.29 is 4.92 Å². The fourth-order valence-electron chi connectivity index (χ4n) is 2.26. The molecule has 0 unspecified atom stereocenters. The molecule has 0 aliphatic heterocycles. The fourth-order valence-corrected chi connectivity index (χ4v) is 3.78. The second kappa shape index (κ2) is 7.73. The third-order valence-corrected chi connectivity index (χ3v) is 5.32. The van der Waals surface area contributed by atoms with E-state index < -0.39 is 10.5 Å². The Bertz CT molecular complexity index is 1110. The van der Waals surface area contributed by atoms with Crippen LogP contribution in [-0.4, -0.2) is 14.7 Å². The molecule has 1 heterocycles. The second-order valence-electron chi connectivity index (χ2n) is 5.21. The van der Waals surface area contributed by atoms with Gasteiger partial charge >= 0.3 is 0 Å². The Morgan fingerprint density at radius 2 is 1.70 bits per heavy atom. The van der Waals surface area contributed by atoms with Crippen LogP contribution in [0.25, 0.3) is 5.69 Å². The number of nitro groups is 1. The minimum atomic E-state index is -0.558. The van der Waals surface area contributed by atoms with Gasteiger partial charge in [-0.15, -0.1) is 0 Å². The van der Waals surface area contributed by atoms with Gasteiger partial charge in [-0.05, 0) is 34.1 Å². The number of aromatic amines is 1. The van der Waals surface area contributed by atoms with Gasteiger partial charge in [0.05, 0.1) is 25.7 Å². The molecule has 0 aliphatic carbocycles. The molecule has 0 spiro atoms. The van der Waals surface area contributed by atoms with Gasteiger partial charge in [0.2, 0.25) is 0 Å². The molecule has 12 heteroatoms. The van der Waals surface area contributed by atoms with Gasteiger partial charge in [-0.25, -0.2) is 4.68 Å². The van der Waals surface area contributed by atoms with Crippen LogP contribution in [0.3, 0.4) is 0 Å². The van der Waals surface area contributed by atoms with Crippen LogP contribution in [0.1, 0.15) is 0 Å². The number of H-pyrrole nitrogens is 1. The van der Waals surface area contributed by atoms with Crippen molar-refractivity contribution in [3.05, 3.63) is 75.4 Å². The van der Waals surface area contributed by atoms with E-state index in [1.54, 1.807) is 0 Å². The van der Waals surface area contributed by atoms with Gasteiger partial charge in [-0.3, -0.25) is 20.0 Å². The summed E-state index contributed by atoms with van der Waals surface area (Å²) in [6.07, 6.45) is 0. The van der Waals surface area contributed by atoms with Crippen LogP contribution in [0, 0.1) is 10.1 Å². The number of aromatic nitrogens is 2. The highest BCUT2D eigenvalue weighted by Crippen LogP contribution is 2.34. The number of nitro benzene ring substituents is 1. The fraction of sp³-hybridized carbons (Fsp3) is 0. The van der Waals surface area contributed by atoms with E-state index in [9.17, 15) is 14.9 Å². The van der Waals surface area contributed by atoms with Crippen LogP contribution in [0.15, 0.2) is 39.6 Å². The maximum absolute atomic E-state index is 12.6.